The summed E-state index contributed by atoms with van der Waals surface area (Å²) in [4.78, 5) is 0. The summed E-state index contributed by atoms with van der Waals surface area (Å²) in [5.74, 6) is 1.67. The number of methoxy groups -OCH3 is 2. The van der Waals surface area contributed by atoms with Gasteiger partial charge < -0.3 is 9.47 Å². The molecule has 0 radical (unpaired) electrons. The molecule has 0 unspecified atom stereocenters. The van der Waals surface area contributed by atoms with E-state index < -0.39 is 0 Å². The lowest BCUT2D eigenvalue weighted by molar-refractivity contribution is 0.414. The normalized spacial score (nSPS) is 11.5. The van der Waals surface area contributed by atoms with Gasteiger partial charge in [0.25, 0.3) is 0 Å². The van der Waals surface area contributed by atoms with Crippen LogP contribution in [0.2, 0.25) is 0 Å². The second-order valence-corrected chi connectivity index (χ2v) is 10.2. The molecule has 148 valence electrons. The number of benzene rings is 2. The van der Waals surface area contributed by atoms with Crippen molar-refractivity contribution in [2.45, 2.75) is 37.1 Å². The van der Waals surface area contributed by atoms with E-state index in [1.54, 1.807) is 25.0 Å². The molecular formula is C21H25N3O2S2. The molecule has 0 saturated heterocycles. The van der Waals surface area contributed by atoms with Crippen LogP contribution >= 0.6 is 21.6 Å². The molecular weight excluding hydrogens is 390 g/mol. The maximum Gasteiger partial charge on any atom is 0.133 e. The van der Waals surface area contributed by atoms with E-state index in [-0.39, 0.29) is 4.75 Å². The van der Waals surface area contributed by atoms with E-state index in [0.29, 0.717) is 6.54 Å². The van der Waals surface area contributed by atoms with Gasteiger partial charge in [-0.3, -0.25) is 0 Å². The smallest absolute Gasteiger partial charge is 0.133 e. The molecule has 0 N–H and O–H groups in total. The van der Waals surface area contributed by atoms with Crippen LogP contribution in [-0.2, 0) is 6.54 Å². The molecule has 28 heavy (non-hydrogen) atoms. The third kappa shape index (κ3) is 5.23. The van der Waals surface area contributed by atoms with Gasteiger partial charge in [-0.2, -0.15) is 0 Å². The molecule has 0 aliphatic heterocycles. The average Bonchev–Trinajstić information content (AvgIpc) is 3.09. The second kappa shape index (κ2) is 8.92. The summed E-state index contributed by atoms with van der Waals surface area (Å²) in [7, 11) is 6.87. The Kier molecular flexibility index (Phi) is 6.57. The first-order chi connectivity index (χ1) is 13.4. The summed E-state index contributed by atoms with van der Waals surface area (Å²) in [6.45, 7) is 7.26. The van der Waals surface area contributed by atoms with Crippen molar-refractivity contribution in [3.63, 3.8) is 0 Å². The van der Waals surface area contributed by atoms with Gasteiger partial charge in [0.1, 0.15) is 22.2 Å². The van der Waals surface area contributed by atoms with Crippen LogP contribution in [0.1, 0.15) is 26.3 Å². The summed E-state index contributed by atoms with van der Waals surface area (Å²) in [6, 6.07) is 16.0. The molecule has 0 spiro atoms. The van der Waals surface area contributed by atoms with E-state index in [2.05, 4.69) is 43.2 Å². The first-order valence-corrected chi connectivity index (χ1v) is 11.1. The molecule has 3 aromatic rings. The molecule has 0 amide bonds. The Hall–Kier alpha value is -2.12. The maximum absolute atomic E-state index is 5.27. The van der Waals surface area contributed by atoms with Crippen LogP contribution in [0.15, 0.2) is 53.6 Å². The SMILES string of the molecule is COc1ccc(Cn2nnc(-c3ccc(OC)cc3)c2SSC(C)(C)C)cc1. The van der Waals surface area contributed by atoms with Crippen molar-refractivity contribution in [2.75, 3.05) is 14.2 Å². The molecule has 3 rings (SSSR count). The van der Waals surface area contributed by atoms with Crippen molar-refractivity contribution in [1.29, 1.82) is 0 Å². The third-order valence-electron chi connectivity index (χ3n) is 3.92. The average molecular weight is 416 g/mol. The molecule has 1 aromatic heterocycles. The minimum absolute atomic E-state index is 0.122. The molecule has 0 fully saturated rings. The van der Waals surface area contributed by atoms with Crippen molar-refractivity contribution in [1.82, 2.24) is 15.0 Å². The van der Waals surface area contributed by atoms with E-state index in [1.807, 2.05) is 51.9 Å². The minimum atomic E-state index is 0.122. The van der Waals surface area contributed by atoms with Crippen LogP contribution in [0.25, 0.3) is 11.3 Å². The zero-order valence-corrected chi connectivity index (χ0v) is 18.4. The molecule has 5 nitrogen and oxygen atoms in total. The maximum atomic E-state index is 5.27. The summed E-state index contributed by atoms with van der Waals surface area (Å²) in [5, 5.41) is 9.97. The predicted molar refractivity (Wildman–Crippen MR) is 117 cm³/mol. The van der Waals surface area contributed by atoms with Crippen LogP contribution in [0.3, 0.4) is 0 Å². The molecule has 0 saturated carbocycles. The Balaban J connectivity index is 1.92. The number of hydrogen-bond donors (Lipinski definition) is 0. The quantitative estimate of drug-likeness (QED) is 0.472. The molecule has 0 aliphatic carbocycles. The summed E-state index contributed by atoms with van der Waals surface area (Å²) in [5.41, 5.74) is 3.06. The van der Waals surface area contributed by atoms with Crippen LogP contribution in [0, 0.1) is 0 Å². The molecule has 1 heterocycles. The van der Waals surface area contributed by atoms with E-state index in [1.165, 1.54) is 0 Å². The lowest BCUT2D eigenvalue weighted by atomic mass is 10.1. The lowest BCUT2D eigenvalue weighted by Crippen LogP contribution is -2.07. The van der Waals surface area contributed by atoms with Gasteiger partial charge in [-0.05, 0) is 52.8 Å². The van der Waals surface area contributed by atoms with Gasteiger partial charge in [-0.15, -0.1) is 5.10 Å². The highest BCUT2D eigenvalue weighted by atomic mass is 33.1. The fourth-order valence-electron chi connectivity index (χ4n) is 2.49. The summed E-state index contributed by atoms with van der Waals surface area (Å²) in [6.07, 6.45) is 0. The molecule has 7 heteroatoms. The Morgan fingerprint density at radius 2 is 1.46 bits per heavy atom. The van der Waals surface area contributed by atoms with Crippen LogP contribution < -0.4 is 9.47 Å². The van der Waals surface area contributed by atoms with Crippen molar-refractivity contribution >= 4 is 21.6 Å². The van der Waals surface area contributed by atoms with Crippen molar-refractivity contribution < 1.29 is 9.47 Å². The summed E-state index contributed by atoms with van der Waals surface area (Å²) < 4.78 is 12.6. The van der Waals surface area contributed by atoms with Gasteiger partial charge >= 0.3 is 0 Å². The molecule has 0 aliphatic rings. The topological polar surface area (TPSA) is 49.2 Å². The highest BCUT2D eigenvalue weighted by molar-refractivity contribution is 8.77. The predicted octanol–water partition coefficient (Wildman–Crippen LogP) is 5.55. The second-order valence-electron chi connectivity index (χ2n) is 7.26. The number of rotatable bonds is 7. The zero-order chi connectivity index (χ0) is 20.1. The first kappa shape index (κ1) is 20.6. The van der Waals surface area contributed by atoms with Crippen LogP contribution in [0.5, 0.6) is 11.5 Å². The first-order valence-electron chi connectivity index (χ1n) is 8.96. The van der Waals surface area contributed by atoms with Gasteiger partial charge in [0, 0.05) is 10.3 Å². The van der Waals surface area contributed by atoms with Crippen molar-refractivity contribution in [3.05, 3.63) is 54.1 Å². The molecule has 0 atom stereocenters. The fraction of sp³-hybridized carbons (Fsp3) is 0.333. The van der Waals surface area contributed by atoms with Gasteiger partial charge in [0.05, 0.1) is 20.8 Å². The number of hydrogen-bond acceptors (Lipinski definition) is 6. The van der Waals surface area contributed by atoms with Crippen LogP contribution in [0.4, 0.5) is 0 Å². The van der Waals surface area contributed by atoms with Gasteiger partial charge in [0.2, 0.25) is 0 Å². The van der Waals surface area contributed by atoms with Gasteiger partial charge in [-0.25, -0.2) is 4.68 Å². The molecule has 2 aromatic carbocycles. The van der Waals surface area contributed by atoms with E-state index in [4.69, 9.17) is 9.47 Å². The van der Waals surface area contributed by atoms with Gasteiger partial charge in [0.15, 0.2) is 0 Å². The van der Waals surface area contributed by atoms with Gasteiger partial charge in [-0.1, -0.05) is 48.9 Å². The number of aromatic nitrogens is 3. The Morgan fingerprint density at radius 1 is 0.893 bits per heavy atom. The van der Waals surface area contributed by atoms with E-state index in [9.17, 15) is 0 Å². The highest BCUT2D eigenvalue weighted by Gasteiger charge is 2.20. The Labute approximate surface area is 174 Å². The minimum Gasteiger partial charge on any atom is -0.497 e. The van der Waals surface area contributed by atoms with Crippen LogP contribution in [-0.4, -0.2) is 34.0 Å². The Morgan fingerprint density at radius 3 is 2.00 bits per heavy atom. The Bertz CT molecular complexity index is 901. The zero-order valence-electron chi connectivity index (χ0n) is 16.8. The largest absolute Gasteiger partial charge is 0.497 e. The summed E-state index contributed by atoms with van der Waals surface area (Å²) >= 11 is 0. The third-order valence-corrected chi connectivity index (χ3v) is 7.28. The lowest BCUT2D eigenvalue weighted by Gasteiger charge is -2.17. The van der Waals surface area contributed by atoms with Crippen molar-refractivity contribution in [2.24, 2.45) is 0 Å². The van der Waals surface area contributed by atoms with E-state index in [0.717, 1.165) is 33.3 Å². The molecule has 0 bridgehead atoms. The number of ether oxygens (including phenoxy) is 2. The van der Waals surface area contributed by atoms with Crippen molar-refractivity contribution in [3.8, 4) is 22.8 Å². The standard InChI is InChI=1S/C21H25N3O2S2/c1-21(2,3)28-27-20-19(16-8-12-18(26-5)13-9-16)22-23-24(20)14-15-6-10-17(25-4)11-7-15/h6-13H,14H2,1-5H3. The van der Waals surface area contributed by atoms with E-state index >= 15 is 0 Å². The number of nitrogens with zero attached hydrogens (tertiary/aromatic N) is 3. The monoisotopic (exact) mass is 415 g/mol. The fourth-order valence-corrected chi connectivity index (χ4v) is 4.72. The highest BCUT2D eigenvalue weighted by Crippen LogP contribution is 2.43.